The summed E-state index contributed by atoms with van der Waals surface area (Å²) in [6.07, 6.45) is 2.94. The molecule has 148 valence electrons. The highest BCUT2D eigenvalue weighted by molar-refractivity contribution is 6.39. The molecule has 0 bridgehead atoms. The van der Waals surface area contributed by atoms with Gasteiger partial charge < -0.3 is 9.94 Å². The van der Waals surface area contributed by atoms with Crippen molar-refractivity contribution in [1.82, 2.24) is 0 Å². The summed E-state index contributed by atoms with van der Waals surface area (Å²) in [4.78, 5) is 17.3. The van der Waals surface area contributed by atoms with Gasteiger partial charge in [-0.1, -0.05) is 55.5 Å². The van der Waals surface area contributed by atoms with Crippen LogP contribution in [0.1, 0.15) is 76.0 Å². The monoisotopic (exact) mass is 411 g/mol. The Balaban J connectivity index is 2.33. The highest BCUT2D eigenvalue weighted by atomic mass is 35.5. The smallest absolute Gasteiger partial charge is 0.309 e. The molecule has 2 aliphatic carbocycles. The highest BCUT2D eigenvalue weighted by Gasteiger charge is 2.57. The molecule has 1 N–H and O–H groups in total. The molecule has 4 nitrogen and oxygen atoms in total. The number of fused-ring (bicyclic) bond motifs is 3. The molecule has 3 atom stereocenters. The molecule has 0 aliphatic heterocycles. The van der Waals surface area contributed by atoms with Gasteiger partial charge in [-0.05, 0) is 60.6 Å². The molecule has 0 unspecified atom stereocenters. The van der Waals surface area contributed by atoms with Gasteiger partial charge in [-0.15, -0.1) is 0 Å². The van der Waals surface area contributed by atoms with Crippen molar-refractivity contribution >= 4 is 34.9 Å². The van der Waals surface area contributed by atoms with Crippen LogP contribution in [0, 0.1) is 11.3 Å². The zero-order chi connectivity index (χ0) is 20.1. The second-order valence-electron chi connectivity index (χ2n) is 8.63. The molecule has 2 aliphatic rings. The second kappa shape index (κ2) is 6.97. The van der Waals surface area contributed by atoms with Crippen LogP contribution in [0.15, 0.2) is 11.2 Å². The van der Waals surface area contributed by atoms with Gasteiger partial charge in [0.1, 0.15) is 7.11 Å². The molecule has 1 fully saturated rings. The molecule has 1 saturated carbocycles. The van der Waals surface area contributed by atoms with E-state index in [0.29, 0.717) is 28.6 Å². The Labute approximate surface area is 170 Å². The molecule has 0 radical (unpaired) electrons. The maximum Gasteiger partial charge on any atom is 0.309 e. The van der Waals surface area contributed by atoms with E-state index >= 15 is 0 Å². The van der Waals surface area contributed by atoms with Crippen molar-refractivity contribution in [3.8, 4) is 0 Å². The summed E-state index contributed by atoms with van der Waals surface area (Å²) in [5.74, 6) is -0.690. The first-order chi connectivity index (χ1) is 12.6. The number of benzene rings is 1. The van der Waals surface area contributed by atoms with Crippen molar-refractivity contribution in [2.24, 2.45) is 16.5 Å². The topological polar surface area (TPSA) is 58.9 Å². The van der Waals surface area contributed by atoms with Gasteiger partial charge in [0.25, 0.3) is 0 Å². The molecule has 0 saturated heterocycles. The van der Waals surface area contributed by atoms with Crippen molar-refractivity contribution in [1.29, 1.82) is 0 Å². The molecule has 0 spiro atoms. The Bertz CT molecular complexity index is 820. The second-order valence-corrected chi connectivity index (χ2v) is 9.42. The zero-order valence-corrected chi connectivity index (χ0v) is 18.0. The van der Waals surface area contributed by atoms with Crippen LogP contribution in [-0.4, -0.2) is 23.9 Å². The minimum absolute atomic E-state index is 0.102. The normalized spacial score (nSPS) is 31.6. The van der Waals surface area contributed by atoms with Gasteiger partial charge in [0.15, 0.2) is 0 Å². The van der Waals surface area contributed by atoms with Crippen LogP contribution in [0.25, 0.3) is 0 Å². The van der Waals surface area contributed by atoms with Crippen LogP contribution in [0.3, 0.4) is 0 Å². The third kappa shape index (κ3) is 2.96. The van der Waals surface area contributed by atoms with E-state index in [0.717, 1.165) is 29.5 Å². The van der Waals surface area contributed by atoms with Crippen LogP contribution >= 0.6 is 23.2 Å². The van der Waals surface area contributed by atoms with Gasteiger partial charge >= 0.3 is 5.97 Å². The Hall–Kier alpha value is -1.26. The molecule has 1 aromatic carbocycles. The fraction of sp³-hybridized carbons (Fsp3) is 0.619. The number of oxime groups is 1. The molecule has 6 heteroatoms. The number of carbonyl (C=O) groups is 1. The van der Waals surface area contributed by atoms with Gasteiger partial charge in [-0.2, -0.15) is 0 Å². The quantitative estimate of drug-likeness (QED) is 0.618. The SMILES string of the molecule is CO/N=C1\C[C@H]2[C@](C)(C(=O)O)CCC[C@]2(C)c2cc(Cl)c(C(C)C)c(Cl)c21. The molecular formula is C21H27Cl2NO3. The lowest BCUT2D eigenvalue weighted by atomic mass is 9.49. The summed E-state index contributed by atoms with van der Waals surface area (Å²) >= 11 is 13.5. The van der Waals surface area contributed by atoms with Crippen LogP contribution in [0.4, 0.5) is 0 Å². The van der Waals surface area contributed by atoms with Crippen molar-refractivity contribution in [2.75, 3.05) is 7.11 Å². The number of hydrogen-bond donors (Lipinski definition) is 1. The summed E-state index contributed by atoms with van der Waals surface area (Å²) in [7, 11) is 1.50. The summed E-state index contributed by atoms with van der Waals surface area (Å²) in [6.45, 7) is 8.13. The van der Waals surface area contributed by atoms with Gasteiger partial charge in [-0.3, -0.25) is 4.79 Å². The Morgan fingerprint density at radius 2 is 2.00 bits per heavy atom. The number of rotatable bonds is 3. The van der Waals surface area contributed by atoms with Gasteiger partial charge in [0, 0.05) is 10.6 Å². The predicted octanol–water partition coefficient (Wildman–Crippen LogP) is 6.02. The molecule has 3 rings (SSSR count). The highest BCUT2D eigenvalue weighted by Crippen LogP contribution is 2.59. The first-order valence-corrected chi connectivity index (χ1v) is 10.2. The number of halogens is 2. The summed E-state index contributed by atoms with van der Waals surface area (Å²) < 4.78 is 0. The predicted molar refractivity (Wildman–Crippen MR) is 109 cm³/mol. The van der Waals surface area contributed by atoms with E-state index in [1.807, 2.05) is 13.0 Å². The lowest BCUT2D eigenvalue weighted by Crippen LogP contribution is -2.53. The maximum absolute atomic E-state index is 12.2. The van der Waals surface area contributed by atoms with Crippen LogP contribution < -0.4 is 0 Å². The van der Waals surface area contributed by atoms with Crippen LogP contribution in [0.5, 0.6) is 0 Å². The first kappa shape index (κ1) is 20.5. The molecular weight excluding hydrogens is 385 g/mol. The van der Waals surface area contributed by atoms with Crippen molar-refractivity contribution < 1.29 is 14.7 Å². The average molecular weight is 412 g/mol. The van der Waals surface area contributed by atoms with Gasteiger partial charge in [-0.25, -0.2) is 0 Å². The van der Waals surface area contributed by atoms with E-state index in [1.54, 1.807) is 0 Å². The Kier molecular flexibility index (Phi) is 5.28. The van der Waals surface area contributed by atoms with E-state index in [-0.39, 0.29) is 17.3 Å². The summed E-state index contributed by atoms with van der Waals surface area (Å²) in [5.41, 5.74) is 2.35. The van der Waals surface area contributed by atoms with Crippen molar-refractivity contribution in [2.45, 2.75) is 64.7 Å². The van der Waals surface area contributed by atoms with E-state index < -0.39 is 11.4 Å². The number of carboxylic acid groups (broad SMARTS) is 1. The maximum atomic E-state index is 12.2. The zero-order valence-electron chi connectivity index (χ0n) is 16.5. The minimum atomic E-state index is -0.825. The standard InChI is InChI=1S/C21H27Cl2NO3/c1-11(2)16-13(22)9-12-17(18(16)23)14(24-27-5)10-15-20(12,3)7-6-8-21(15,4)19(25)26/h9,11,15H,6-8,10H2,1-5H3,(H,25,26)/b24-14+/t15-,20-,21-/m1/s1. The fourth-order valence-corrected chi connectivity index (χ4v) is 6.29. The molecule has 1 aromatic rings. The number of carboxylic acids is 1. The Morgan fingerprint density at radius 3 is 2.56 bits per heavy atom. The van der Waals surface area contributed by atoms with Crippen molar-refractivity contribution in [3.63, 3.8) is 0 Å². The average Bonchev–Trinajstić information content (AvgIpc) is 2.56. The van der Waals surface area contributed by atoms with Crippen LogP contribution in [0.2, 0.25) is 10.0 Å². The molecule has 27 heavy (non-hydrogen) atoms. The largest absolute Gasteiger partial charge is 0.481 e. The van der Waals surface area contributed by atoms with Crippen LogP contribution in [-0.2, 0) is 15.0 Å². The van der Waals surface area contributed by atoms with Crippen molar-refractivity contribution in [3.05, 3.63) is 32.8 Å². The lowest BCUT2D eigenvalue weighted by molar-refractivity contribution is -0.156. The summed E-state index contributed by atoms with van der Waals surface area (Å²) in [5, 5.41) is 15.5. The van der Waals surface area contributed by atoms with E-state index in [2.05, 4.69) is 25.9 Å². The number of hydrogen-bond acceptors (Lipinski definition) is 3. The van der Waals surface area contributed by atoms with E-state index in [1.165, 1.54) is 7.11 Å². The number of nitrogens with zero attached hydrogens (tertiary/aromatic N) is 1. The third-order valence-corrected chi connectivity index (χ3v) is 7.46. The molecule has 0 amide bonds. The van der Waals surface area contributed by atoms with E-state index in [9.17, 15) is 9.90 Å². The van der Waals surface area contributed by atoms with E-state index in [4.69, 9.17) is 28.0 Å². The summed E-state index contributed by atoms with van der Waals surface area (Å²) in [6, 6.07) is 1.99. The fourth-order valence-electron chi connectivity index (χ4n) is 5.29. The van der Waals surface area contributed by atoms with Gasteiger partial charge in [0.2, 0.25) is 0 Å². The first-order valence-electron chi connectivity index (χ1n) is 9.44. The lowest BCUT2D eigenvalue weighted by Gasteiger charge is -2.53. The Morgan fingerprint density at radius 1 is 1.33 bits per heavy atom. The number of aliphatic carboxylic acids is 1. The van der Waals surface area contributed by atoms with Gasteiger partial charge in [0.05, 0.1) is 16.1 Å². The minimum Gasteiger partial charge on any atom is -0.481 e. The molecule has 0 aromatic heterocycles. The third-order valence-electron chi connectivity index (χ3n) is 6.75. The molecule has 0 heterocycles.